The van der Waals surface area contributed by atoms with Crippen LogP contribution in [0.3, 0.4) is 0 Å². The summed E-state index contributed by atoms with van der Waals surface area (Å²) in [7, 11) is 0. The summed E-state index contributed by atoms with van der Waals surface area (Å²) in [5, 5.41) is 37.5. The average molecular weight is 493 g/mol. The highest BCUT2D eigenvalue weighted by Crippen LogP contribution is 2.69. The van der Waals surface area contributed by atoms with Crippen molar-refractivity contribution in [3.8, 4) is 0 Å². The Labute approximate surface area is 210 Å². The fourth-order valence-electron chi connectivity index (χ4n) is 9.95. The molecule has 1 unspecified atom stereocenters. The van der Waals surface area contributed by atoms with E-state index in [2.05, 4.69) is 42.4 Å². The quantitative estimate of drug-likeness (QED) is 0.490. The Hall–Kier alpha value is -1.18. The molecule has 4 aliphatic carbocycles. The number of hydrogen-bond acceptors (Lipinski definition) is 6. The second kappa shape index (κ2) is 9.60. The third-order valence-electron chi connectivity index (χ3n) is 11.4. The fraction of sp³-hybridized carbons (Fsp3) is 0.929. The van der Waals surface area contributed by atoms with Gasteiger partial charge in [0.05, 0.1) is 18.3 Å². The van der Waals surface area contributed by atoms with Gasteiger partial charge in [0.25, 0.3) is 0 Å². The highest BCUT2D eigenvalue weighted by molar-refractivity contribution is 5.15. The van der Waals surface area contributed by atoms with Crippen molar-refractivity contribution >= 4 is 0 Å². The van der Waals surface area contributed by atoms with Crippen LogP contribution in [-0.4, -0.2) is 43.8 Å². The SMILES string of the molecule is C.CC[C@H]1[C@@H](O)[C@@H]2C(CC[C@]3(C)[C@@H]([C@H](C)CCc4noc(=O)[nH]4)[C@@H](O)C[C@@H]23)[C@@]2(C)CC[C@@H](O)C[C@@H]12. The van der Waals surface area contributed by atoms with E-state index in [4.69, 9.17) is 0 Å². The first-order valence-electron chi connectivity index (χ1n) is 13.7. The predicted molar refractivity (Wildman–Crippen MR) is 135 cm³/mol. The molecule has 0 saturated heterocycles. The summed E-state index contributed by atoms with van der Waals surface area (Å²) in [6.07, 6.45) is 7.14. The Morgan fingerprint density at radius 1 is 1.09 bits per heavy atom. The monoisotopic (exact) mass is 492 g/mol. The van der Waals surface area contributed by atoms with Gasteiger partial charge in [0.15, 0.2) is 5.82 Å². The molecule has 0 spiro atoms. The van der Waals surface area contributed by atoms with Crippen molar-refractivity contribution in [3.63, 3.8) is 0 Å². The molecule has 0 amide bonds. The van der Waals surface area contributed by atoms with Gasteiger partial charge in [-0.05, 0) is 97.2 Å². The van der Waals surface area contributed by atoms with Gasteiger partial charge in [-0.3, -0.25) is 9.51 Å². The summed E-state index contributed by atoms with van der Waals surface area (Å²) < 4.78 is 4.65. The molecule has 0 bridgehead atoms. The van der Waals surface area contributed by atoms with Crippen LogP contribution in [0.15, 0.2) is 9.32 Å². The van der Waals surface area contributed by atoms with Gasteiger partial charge in [-0.15, -0.1) is 0 Å². The Kier molecular flexibility index (Phi) is 7.37. The van der Waals surface area contributed by atoms with Crippen molar-refractivity contribution in [1.29, 1.82) is 0 Å². The molecule has 200 valence electrons. The van der Waals surface area contributed by atoms with Crippen molar-refractivity contribution in [2.24, 2.45) is 52.3 Å². The van der Waals surface area contributed by atoms with Gasteiger partial charge in [0.2, 0.25) is 0 Å². The number of aromatic nitrogens is 2. The maximum atomic E-state index is 11.8. The Balaban J connectivity index is 0.00000289. The average Bonchev–Trinajstić information content (AvgIpc) is 3.32. The number of aryl methyl sites for hydroxylation is 1. The van der Waals surface area contributed by atoms with Crippen molar-refractivity contribution in [2.75, 3.05) is 0 Å². The van der Waals surface area contributed by atoms with Crippen LogP contribution < -0.4 is 5.76 Å². The number of rotatable bonds is 5. The molecule has 4 fully saturated rings. The molecule has 0 radical (unpaired) electrons. The smallest absolute Gasteiger partial charge is 0.393 e. The van der Waals surface area contributed by atoms with Crippen LogP contribution in [0.25, 0.3) is 0 Å². The van der Waals surface area contributed by atoms with Crippen molar-refractivity contribution in [2.45, 2.75) is 111 Å². The third kappa shape index (κ3) is 4.14. The van der Waals surface area contributed by atoms with Crippen LogP contribution in [0.1, 0.15) is 92.3 Å². The molecule has 35 heavy (non-hydrogen) atoms. The minimum atomic E-state index is -0.521. The summed E-state index contributed by atoms with van der Waals surface area (Å²) >= 11 is 0. The van der Waals surface area contributed by atoms with Gasteiger partial charge in [0, 0.05) is 6.42 Å². The number of aromatic amines is 1. The van der Waals surface area contributed by atoms with Crippen LogP contribution >= 0.6 is 0 Å². The van der Waals surface area contributed by atoms with Crippen LogP contribution in [-0.2, 0) is 6.42 Å². The maximum Gasteiger partial charge on any atom is 0.438 e. The summed E-state index contributed by atoms with van der Waals surface area (Å²) in [5.41, 5.74) is 0.159. The van der Waals surface area contributed by atoms with Crippen molar-refractivity contribution in [1.82, 2.24) is 10.1 Å². The number of nitrogens with one attached hydrogen (secondary N) is 1. The van der Waals surface area contributed by atoms with Crippen molar-refractivity contribution < 1.29 is 19.8 Å². The standard InChI is InChI=1S/C27H44N2O5.CH4/c1-5-16-18-12-15(30)8-10-26(18,3)17-9-11-27(4)19(22(17)24(16)32)13-20(31)23(27)14(2)6-7-21-28-25(33)34-29-21;/h14-20,22-24,30-32H,5-13H2,1-4H3,(H,28,29,33);1H4/t14-,15-,16-,17?,18+,19+,20+,22-,23+,24-,26-,27+;/m1./s1. The predicted octanol–water partition coefficient (Wildman–Crippen LogP) is 4.17. The molecule has 1 aromatic rings. The zero-order valence-electron chi connectivity index (χ0n) is 21.2. The Morgan fingerprint density at radius 2 is 1.80 bits per heavy atom. The first-order valence-corrected chi connectivity index (χ1v) is 13.7. The molecule has 12 atom stereocenters. The van der Waals surface area contributed by atoms with E-state index in [0.29, 0.717) is 30.0 Å². The summed E-state index contributed by atoms with van der Waals surface area (Å²) in [6.45, 7) is 9.23. The molecule has 4 N–H and O–H groups in total. The Morgan fingerprint density at radius 3 is 2.46 bits per heavy atom. The normalized spacial score (nSPS) is 47.8. The lowest BCUT2D eigenvalue weighted by atomic mass is 9.41. The van der Waals surface area contributed by atoms with Gasteiger partial charge in [-0.25, -0.2) is 4.79 Å². The van der Waals surface area contributed by atoms with Gasteiger partial charge >= 0.3 is 5.76 Å². The lowest BCUT2D eigenvalue weighted by molar-refractivity contribution is -0.203. The number of aliphatic hydroxyl groups excluding tert-OH is 3. The summed E-state index contributed by atoms with van der Waals surface area (Å²) in [4.78, 5) is 13.9. The Bertz CT molecular complexity index is 930. The van der Waals surface area contributed by atoms with Gasteiger partial charge in [-0.1, -0.05) is 46.7 Å². The van der Waals surface area contributed by atoms with E-state index in [0.717, 1.165) is 51.4 Å². The molecular weight excluding hydrogens is 444 g/mol. The van der Waals surface area contributed by atoms with E-state index in [1.807, 2.05) is 0 Å². The zero-order chi connectivity index (χ0) is 24.4. The number of aliphatic hydroxyl groups is 3. The van der Waals surface area contributed by atoms with Crippen LogP contribution in [0, 0.1) is 52.3 Å². The van der Waals surface area contributed by atoms with Crippen LogP contribution in [0.2, 0.25) is 0 Å². The zero-order valence-corrected chi connectivity index (χ0v) is 21.2. The minimum Gasteiger partial charge on any atom is -0.393 e. The van der Waals surface area contributed by atoms with Crippen LogP contribution in [0.5, 0.6) is 0 Å². The molecule has 4 saturated carbocycles. The first kappa shape index (κ1) is 26.9. The molecule has 4 aliphatic rings. The van der Waals surface area contributed by atoms with E-state index in [9.17, 15) is 20.1 Å². The highest BCUT2D eigenvalue weighted by atomic mass is 16.5. The van der Waals surface area contributed by atoms with Crippen molar-refractivity contribution in [3.05, 3.63) is 16.4 Å². The van der Waals surface area contributed by atoms with E-state index < -0.39 is 5.76 Å². The number of fused-ring (bicyclic) bond motifs is 5. The van der Waals surface area contributed by atoms with Gasteiger partial charge in [-0.2, -0.15) is 0 Å². The van der Waals surface area contributed by atoms with E-state index in [-0.39, 0.29) is 60.2 Å². The number of nitrogens with zero attached hydrogens (tertiary/aromatic N) is 1. The lowest BCUT2D eigenvalue weighted by Crippen LogP contribution is -2.62. The minimum absolute atomic E-state index is 0. The largest absolute Gasteiger partial charge is 0.438 e. The molecule has 0 aromatic carbocycles. The molecular formula is C28H48N2O5. The topological polar surface area (TPSA) is 120 Å². The van der Waals surface area contributed by atoms with E-state index in [1.165, 1.54) is 0 Å². The van der Waals surface area contributed by atoms with Crippen LogP contribution in [0.4, 0.5) is 0 Å². The maximum absolute atomic E-state index is 11.8. The molecule has 0 aliphatic heterocycles. The van der Waals surface area contributed by atoms with E-state index >= 15 is 0 Å². The molecule has 7 nitrogen and oxygen atoms in total. The number of hydrogen-bond donors (Lipinski definition) is 4. The second-order valence-corrected chi connectivity index (χ2v) is 12.8. The molecule has 5 rings (SSSR count). The molecule has 1 aromatic heterocycles. The molecule has 7 heteroatoms. The lowest BCUT2D eigenvalue weighted by Gasteiger charge is -2.64. The van der Waals surface area contributed by atoms with Gasteiger partial charge < -0.3 is 15.3 Å². The number of H-pyrrole nitrogens is 1. The fourth-order valence-corrected chi connectivity index (χ4v) is 9.95. The summed E-state index contributed by atoms with van der Waals surface area (Å²) in [5.74, 6) is 2.10. The third-order valence-corrected chi connectivity index (χ3v) is 11.4. The van der Waals surface area contributed by atoms with Gasteiger partial charge in [0.1, 0.15) is 0 Å². The highest BCUT2D eigenvalue weighted by Gasteiger charge is 2.66. The first-order chi connectivity index (χ1) is 16.1. The van der Waals surface area contributed by atoms with E-state index in [1.54, 1.807) is 0 Å². The summed E-state index contributed by atoms with van der Waals surface area (Å²) in [6, 6.07) is 0. The molecule has 1 heterocycles. The second-order valence-electron chi connectivity index (χ2n) is 12.8.